The zero-order chi connectivity index (χ0) is 10.0. The lowest BCUT2D eigenvalue weighted by Gasteiger charge is -2.21. The first-order valence-electron chi connectivity index (χ1n) is 4.81. The Morgan fingerprint density at radius 2 is 2.29 bits per heavy atom. The number of carbonyl (C=O) groups is 1. The Hall–Kier alpha value is -1.39. The summed E-state index contributed by atoms with van der Waals surface area (Å²) >= 11 is 0. The van der Waals surface area contributed by atoms with Crippen LogP contribution in [-0.2, 0) is 11.2 Å². The second-order valence-corrected chi connectivity index (χ2v) is 3.90. The van der Waals surface area contributed by atoms with E-state index in [2.05, 4.69) is 15.2 Å². The summed E-state index contributed by atoms with van der Waals surface area (Å²) in [4.78, 5) is 15.2. The Kier molecular flexibility index (Phi) is 2.23. The van der Waals surface area contributed by atoms with Gasteiger partial charge in [0.05, 0.1) is 5.41 Å². The van der Waals surface area contributed by atoms with Gasteiger partial charge in [0, 0.05) is 6.42 Å². The summed E-state index contributed by atoms with van der Waals surface area (Å²) in [6, 6.07) is 0. The molecular formula is C9H13N3O2. The van der Waals surface area contributed by atoms with Gasteiger partial charge in [-0.05, 0) is 12.8 Å². The summed E-state index contributed by atoms with van der Waals surface area (Å²) in [5, 5.41) is 15.6. The average molecular weight is 195 g/mol. The van der Waals surface area contributed by atoms with Crippen molar-refractivity contribution < 1.29 is 9.90 Å². The van der Waals surface area contributed by atoms with Crippen LogP contribution in [0, 0.1) is 5.41 Å². The molecule has 1 heterocycles. The van der Waals surface area contributed by atoms with E-state index in [-0.39, 0.29) is 0 Å². The summed E-state index contributed by atoms with van der Waals surface area (Å²) in [6.45, 7) is 0. The highest BCUT2D eigenvalue weighted by atomic mass is 16.4. The summed E-state index contributed by atoms with van der Waals surface area (Å²) in [6.07, 6.45) is 5.40. The fourth-order valence-corrected chi connectivity index (χ4v) is 2.15. The first kappa shape index (κ1) is 9.18. The Balaban J connectivity index is 2.16. The van der Waals surface area contributed by atoms with Crippen molar-refractivity contribution in [1.29, 1.82) is 0 Å². The van der Waals surface area contributed by atoms with Gasteiger partial charge in [0.15, 0.2) is 0 Å². The fourth-order valence-electron chi connectivity index (χ4n) is 2.15. The number of aromatic amines is 1. The van der Waals surface area contributed by atoms with Crippen molar-refractivity contribution in [3.05, 3.63) is 12.2 Å². The predicted octanol–water partition coefficient (Wildman–Crippen LogP) is 0.992. The normalized spacial score (nSPS) is 19.7. The second-order valence-electron chi connectivity index (χ2n) is 3.90. The van der Waals surface area contributed by atoms with Crippen LogP contribution in [0.4, 0.5) is 0 Å². The molecule has 76 valence electrons. The van der Waals surface area contributed by atoms with Crippen LogP contribution in [0.25, 0.3) is 0 Å². The van der Waals surface area contributed by atoms with Gasteiger partial charge in [-0.15, -0.1) is 0 Å². The van der Waals surface area contributed by atoms with Crippen molar-refractivity contribution in [2.24, 2.45) is 5.41 Å². The minimum Gasteiger partial charge on any atom is -0.481 e. The highest BCUT2D eigenvalue weighted by Crippen LogP contribution is 2.40. The first-order valence-corrected chi connectivity index (χ1v) is 4.81. The maximum absolute atomic E-state index is 11.2. The molecule has 1 fully saturated rings. The molecule has 0 bridgehead atoms. The number of hydrogen-bond acceptors (Lipinski definition) is 3. The van der Waals surface area contributed by atoms with E-state index in [0.717, 1.165) is 25.7 Å². The molecule has 1 aliphatic rings. The van der Waals surface area contributed by atoms with Crippen molar-refractivity contribution >= 4 is 5.97 Å². The van der Waals surface area contributed by atoms with Crippen LogP contribution in [0.3, 0.4) is 0 Å². The largest absolute Gasteiger partial charge is 0.481 e. The number of rotatable bonds is 3. The third-order valence-electron chi connectivity index (χ3n) is 2.99. The van der Waals surface area contributed by atoms with Crippen molar-refractivity contribution in [3.8, 4) is 0 Å². The Bertz CT molecular complexity index is 315. The zero-order valence-corrected chi connectivity index (χ0v) is 7.86. The minimum atomic E-state index is -0.702. The van der Waals surface area contributed by atoms with E-state index < -0.39 is 11.4 Å². The molecule has 0 amide bonds. The van der Waals surface area contributed by atoms with Crippen LogP contribution in [0.2, 0.25) is 0 Å². The van der Waals surface area contributed by atoms with Crippen molar-refractivity contribution in [2.75, 3.05) is 0 Å². The third kappa shape index (κ3) is 1.49. The number of nitrogens with one attached hydrogen (secondary N) is 1. The van der Waals surface area contributed by atoms with Crippen molar-refractivity contribution in [1.82, 2.24) is 15.2 Å². The smallest absolute Gasteiger partial charge is 0.310 e. The number of carboxylic acids is 1. The van der Waals surface area contributed by atoms with Gasteiger partial charge in [-0.3, -0.25) is 9.89 Å². The molecule has 0 atom stereocenters. The van der Waals surface area contributed by atoms with Crippen molar-refractivity contribution in [3.63, 3.8) is 0 Å². The second kappa shape index (κ2) is 3.40. The number of carboxylic acid groups (broad SMARTS) is 1. The lowest BCUT2D eigenvalue weighted by molar-refractivity contribution is -0.148. The van der Waals surface area contributed by atoms with Crippen LogP contribution in [0.5, 0.6) is 0 Å². The number of hydrogen-bond donors (Lipinski definition) is 2. The third-order valence-corrected chi connectivity index (χ3v) is 2.99. The van der Waals surface area contributed by atoms with Crippen LogP contribution in [0.1, 0.15) is 31.5 Å². The zero-order valence-electron chi connectivity index (χ0n) is 7.86. The van der Waals surface area contributed by atoms with Crippen LogP contribution in [0.15, 0.2) is 6.33 Å². The average Bonchev–Trinajstić information content (AvgIpc) is 2.76. The van der Waals surface area contributed by atoms with Gasteiger partial charge in [-0.2, -0.15) is 5.10 Å². The van der Waals surface area contributed by atoms with Gasteiger partial charge < -0.3 is 5.11 Å². The Labute approximate surface area is 81.6 Å². The maximum Gasteiger partial charge on any atom is 0.310 e. The lowest BCUT2D eigenvalue weighted by Crippen LogP contribution is -2.30. The molecule has 0 saturated heterocycles. The highest BCUT2D eigenvalue weighted by molar-refractivity contribution is 5.75. The van der Waals surface area contributed by atoms with E-state index in [0.29, 0.717) is 12.2 Å². The minimum absolute atomic E-state index is 0.475. The maximum atomic E-state index is 11.2. The van der Waals surface area contributed by atoms with Gasteiger partial charge in [-0.25, -0.2) is 4.98 Å². The van der Waals surface area contributed by atoms with Crippen LogP contribution in [-0.4, -0.2) is 26.3 Å². The molecule has 1 aromatic heterocycles. The fraction of sp³-hybridized carbons (Fsp3) is 0.667. The predicted molar refractivity (Wildman–Crippen MR) is 48.6 cm³/mol. The van der Waals surface area contributed by atoms with Gasteiger partial charge in [0.1, 0.15) is 12.2 Å². The Morgan fingerprint density at radius 1 is 1.57 bits per heavy atom. The van der Waals surface area contributed by atoms with E-state index in [4.69, 9.17) is 0 Å². The number of aliphatic carboxylic acids is 1. The number of nitrogens with zero attached hydrogens (tertiary/aromatic N) is 2. The molecule has 1 aromatic rings. The van der Waals surface area contributed by atoms with Gasteiger partial charge in [-0.1, -0.05) is 12.8 Å². The van der Waals surface area contributed by atoms with E-state index in [1.165, 1.54) is 6.33 Å². The van der Waals surface area contributed by atoms with Gasteiger partial charge in [0.25, 0.3) is 0 Å². The van der Waals surface area contributed by atoms with Gasteiger partial charge in [0.2, 0.25) is 0 Å². The first-order chi connectivity index (χ1) is 6.73. The van der Waals surface area contributed by atoms with Gasteiger partial charge >= 0.3 is 5.97 Å². The van der Waals surface area contributed by atoms with Crippen LogP contribution < -0.4 is 0 Å². The monoisotopic (exact) mass is 195 g/mol. The summed E-state index contributed by atoms with van der Waals surface area (Å²) in [5.74, 6) is -0.0271. The summed E-state index contributed by atoms with van der Waals surface area (Å²) < 4.78 is 0. The molecule has 0 aliphatic heterocycles. The summed E-state index contributed by atoms with van der Waals surface area (Å²) in [5.41, 5.74) is -0.598. The van der Waals surface area contributed by atoms with E-state index in [1.807, 2.05) is 0 Å². The van der Waals surface area contributed by atoms with E-state index >= 15 is 0 Å². The highest BCUT2D eigenvalue weighted by Gasteiger charge is 2.41. The molecule has 5 heteroatoms. The van der Waals surface area contributed by atoms with E-state index in [1.54, 1.807) is 0 Å². The quantitative estimate of drug-likeness (QED) is 0.753. The SMILES string of the molecule is O=C(O)C1(Cc2ncn[nH]2)CCCC1. The lowest BCUT2D eigenvalue weighted by atomic mass is 9.82. The van der Waals surface area contributed by atoms with E-state index in [9.17, 15) is 9.90 Å². The molecular weight excluding hydrogens is 182 g/mol. The molecule has 0 spiro atoms. The molecule has 5 nitrogen and oxygen atoms in total. The summed E-state index contributed by atoms with van der Waals surface area (Å²) in [7, 11) is 0. The Morgan fingerprint density at radius 3 is 2.79 bits per heavy atom. The molecule has 14 heavy (non-hydrogen) atoms. The standard InChI is InChI=1S/C9H13N3O2/c13-8(14)9(3-1-2-4-9)5-7-10-6-11-12-7/h6H,1-5H2,(H,13,14)(H,10,11,12). The molecule has 0 aromatic carbocycles. The molecule has 0 unspecified atom stereocenters. The number of aromatic nitrogens is 3. The molecule has 0 radical (unpaired) electrons. The van der Waals surface area contributed by atoms with Crippen molar-refractivity contribution in [2.45, 2.75) is 32.1 Å². The molecule has 2 rings (SSSR count). The molecule has 2 N–H and O–H groups in total. The van der Waals surface area contributed by atoms with Crippen LogP contribution >= 0.6 is 0 Å². The molecule has 1 aliphatic carbocycles. The molecule has 1 saturated carbocycles. The number of H-pyrrole nitrogens is 1. The topological polar surface area (TPSA) is 78.9 Å².